The number of methoxy groups -OCH3 is 1. The largest absolute Gasteiger partial charge is 0.468 e. The number of furan rings is 1. The topological polar surface area (TPSA) is 51.5 Å². The molecule has 4 heteroatoms. The minimum Gasteiger partial charge on any atom is -0.468 e. The Labute approximate surface area is 102 Å². The Kier molecular flexibility index (Phi) is 5.22. The molecule has 0 aliphatic carbocycles. The lowest BCUT2D eigenvalue weighted by Gasteiger charge is -2.24. The molecule has 0 saturated carbocycles. The van der Waals surface area contributed by atoms with Gasteiger partial charge in [-0.1, -0.05) is 20.8 Å². The number of hydrogen-bond donors (Lipinski definition) is 1. The zero-order valence-electron chi connectivity index (χ0n) is 10.9. The number of carbonyl (C=O) groups is 1. The normalized spacial score (nSPS) is 14.6. The van der Waals surface area contributed by atoms with Gasteiger partial charge in [-0.25, -0.2) is 0 Å². The lowest BCUT2D eigenvalue weighted by molar-refractivity contribution is -0.144. The Balaban J connectivity index is 2.74. The van der Waals surface area contributed by atoms with E-state index in [1.807, 2.05) is 26.0 Å². The lowest BCUT2D eigenvalue weighted by Crippen LogP contribution is -2.43. The van der Waals surface area contributed by atoms with E-state index in [-0.39, 0.29) is 24.0 Å². The van der Waals surface area contributed by atoms with Crippen molar-refractivity contribution < 1.29 is 13.9 Å². The van der Waals surface area contributed by atoms with Crippen molar-refractivity contribution in [1.82, 2.24) is 5.32 Å². The Bertz CT molecular complexity index is 332. The lowest BCUT2D eigenvalue weighted by atomic mass is 10.0. The average molecular weight is 239 g/mol. The zero-order valence-corrected chi connectivity index (χ0v) is 10.9. The first-order valence-electron chi connectivity index (χ1n) is 5.97. The van der Waals surface area contributed by atoms with E-state index in [9.17, 15) is 4.79 Å². The molecule has 0 fully saturated rings. The highest BCUT2D eigenvalue weighted by Gasteiger charge is 2.26. The molecule has 0 aromatic carbocycles. The predicted molar refractivity (Wildman–Crippen MR) is 65.5 cm³/mol. The quantitative estimate of drug-likeness (QED) is 0.775. The molecule has 0 saturated heterocycles. The summed E-state index contributed by atoms with van der Waals surface area (Å²) in [6.45, 7) is 6.03. The molecule has 17 heavy (non-hydrogen) atoms. The molecular formula is C13H21NO3. The molecule has 0 bridgehead atoms. The summed E-state index contributed by atoms with van der Waals surface area (Å²) in [5.74, 6) is 0.790. The Morgan fingerprint density at radius 3 is 2.65 bits per heavy atom. The van der Waals surface area contributed by atoms with Gasteiger partial charge in [-0.15, -0.1) is 0 Å². The van der Waals surface area contributed by atoms with E-state index < -0.39 is 0 Å². The summed E-state index contributed by atoms with van der Waals surface area (Å²) in [5, 5.41) is 3.29. The van der Waals surface area contributed by atoms with Crippen LogP contribution in [0.2, 0.25) is 0 Å². The van der Waals surface area contributed by atoms with Gasteiger partial charge in [-0.3, -0.25) is 10.1 Å². The van der Waals surface area contributed by atoms with Crippen molar-refractivity contribution >= 4 is 5.97 Å². The molecule has 2 unspecified atom stereocenters. The van der Waals surface area contributed by atoms with Gasteiger partial charge in [0.25, 0.3) is 0 Å². The molecule has 0 aliphatic rings. The van der Waals surface area contributed by atoms with E-state index in [2.05, 4.69) is 12.2 Å². The second kappa shape index (κ2) is 6.45. The van der Waals surface area contributed by atoms with E-state index in [4.69, 9.17) is 9.15 Å². The highest BCUT2D eigenvalue weighted by Crippen LogP contribution is 2.19. The summed E-state index contributed by atoms with van der Waals surface area (Å²) in [4.78, 5) is 11.7. The van der Waals surface area contributed by atoms with Gasteiger partial charge in [0, 0.05) is 0 Å². The SMILES string of the molecule is CCC(NC(C(=O)OC)C(C)C)c1ccco1. The molecule has 0 amide bonds. The first kappa shape index (κ1) is 13.8. The standard InChI is InChI=1S/C13H21NO3/c1-5-10(11-7-6-8-17-11)14-12(9(2)3)13(15)16-4/h6-10,12,14H,5H2,1-4H3. The van der Waals surface area contributed by atoms with Crippen molar-refractivity contribution in [3.63, 3.8) is 0 Å². The van der Waals surface area contributed by atoms with Crippen LogP contribution in [0, 0.1) is 5.92 Å². The molecule has 1 aromatic heterocycles. The molecule has 1 aromatic rings. The minimum atomic E-state index is -0.310. The van der Waals surface area contributed by atoms with Crippen molar-refractivity contribution in [3.8, 4) is 0 Å². The van der Waals surface area contributed by atoms with Crippen LogP contribution >= 0.6 is 0 Å². The van der Waals surface area contributed by atoms with Gasteiger partial charge in [-0.05, 0) is 24.5 Å². The number of carbonyl (C=O) groups excluding carboxylic acids is 1. The Morgan fingerprint density at radius 2 is 2.24 bits per heavy atom. The first-order valence-corrected chi connectivity index (χ1v) is 5.97. The Hall–Kier alpha value is -1.29. The smallest absolute Gasteiger partial charge is 0.323 e. The summed E-state index contributed by atoms with van der Waals surface area (Å²) in [6, 6.07) is 3.49. The van der Waals surface area contributed by atoms with E-state index in [0.29, 0.717) is 0 Å². The second-order valence-corrected chi connectivity index (χ2v) is 4.39. The molecule has 0 spiro atoms. The fraction of sp³-hybridized carbons (Fsp3) is 0.615. The van der Waals surface area contributed by atoms with Gasteiger partial charge >= 0.3 is 5.97 Å². The Morgan fingerprint density at radius 1 is 1.53 bits per heavy atom. The van der Waals surface area contributed by atoms with Crippen LogP contribution in [0.1, 0.15) is 39.0 Å². The monoisotopic (exact) mass is 239 g/mol. The summed E-state index contributed by atoms with van der Waals surface area (Å²) in [7, 11) is 1.41. The maximum Gasteiger partial charge on any atom is 0.323 e. The summed E-state index contributed by atoms with van der Waals surface area (Å²) in [6.07, 6.45) is 2.50. The zero-order chi connectivity index (χ0) is 12.8. The molecule has 4 nitrogen and oxygen atoms in total. The van der Waals surface area contributed by atoms with Crippen LogP contribution in [0.25, 0.3) is 0 Å². The molecule has 0 aliphatic heterocycles. The van der Waals surface area contributed by atoms with Crippen molar-refractivity contribution in [1.29, 1.82) is 0 Å². The fourth-order valence-corrected chi connectivity index (χ4v) is 1.77. The van der Waals surface area contributed by atoms with E-state index in [0.717, 1.165) is 12.2 Å². The van der Waals surface area contributed by atoms with Crippen LogP contribution in [-0.2, 0) is 9.53 Å². The highest BCUT2D eigenvalue weighted by atomic mass is 16.5. The van der Waals surface area contributed by atoms with Crippen LogP contribution in [0.4, 0.5) is 0 Å². The maximum absolute atomic E-state index is 11.7. The third-order valence-electron chi connectivity index (χ3n) is 2.80. The van der Waals surface area contributed by atoms with Crippen molar-refractivity contribution in [2.45, 2.75) is 39.3 Å². The summed E-state index contributed by atoms with van der Waals surface area (Å²) < 4.78 is 10.2. The van der Waals surface area contributed by atoms with Gasteiger partial charge in [0.2, 0.25) is 0 Å². The van der Waals surface area contributed by atoms with Gasteiger partial charge in [-0.2, -0.15) is 0 Å². The van der Waals surface area contributed by atoms with Crippen LogP contribution < -0.4 is 5.32 Å². The van der Waals surface area contributed by atoms with Crippen LogP contribution in [0.15, 0.2) is 22.8 Å². The third kappa shape index (κ3) is 3.60. The van der Waals surface area contributed by atoms with Crippen LogP contribution in [0.3, 0.4) is 0 Å². The molecule has 1 heterocycles. The summed E-state index contributed by atoms with van der Waals surface area (Å²) >= 11 is 0. The highest BCUT2D eigenvalue weighted by molar-refractivity contribution is 5.76. The number of ether oxygens (including phenoxy) is 1. The molecule has 1 rings (SSSR count). The number of nitrogens with one attached hydrogen (secondary N) is 1. The number of esters is 1. The number of hydrogen-bond acceptors (Lipinski definition) is 4. The first-order chi connectivity index (χ1) is 8.10. The van der Waals surface area contributed by atoms with Gasteiger partial charge in [0.05, 0.1) is 19.4 Å². The van der Waals surface area contributed by atoms with Crippen molar-refractivity contribution in [3.05, 3.63) is 24.2 Å². The van der Waals surface area contributed by atoms with E-state index >= 15 is 0 Å². The van der Waals surface area contributed by atoms with Gasteiger partial charge in [0.15, 0.2) is 0 Å². The summed E-state index contributed by atoms with van der Waals surface area (Å²) in [5.41, 5.74) is 0. The third-order valence-corrected chi connectivity index (χ3v) is 2.80. The van der Waals surface area contributed by atoms with E-state index in [1.54, 1.807) is 6.26 Å². The minimum absolute atomic E-state index is 0.0384. The van der Waals surface area contributed by atoms with Crippen molar-refractivity contribution in [2.75, 3.05) is 7.11 Å². The fourth-order valence-electron chi connectivity index (χ4n) is 1.77. The molecular weight excluding hydrogens is 218 g/mol. The van der Waals surface area contributed by atoms with Crippen LogP contribution in [0.5, 0.6) is 0 Å². The molecule has 2 atom stereocenters. The molecule has 96 valence electrons. The second-order valence-electron chi connectivity index (χ2n) is 4.39. The number of rotatable bonds is 6. The van der Waals surface area contributed by atoms with Crippen LogP contribution in [-0.4, -0.2) is 19.1 Å². The average Bonchev–Trinajstić information content (AvgIpc) is 2.82. The van der Waals surface area contributed by atoms with Crippen molar-refractivity contribution in [2.24, 2.45) is 5.92 Å². The molecule has 0 radical (unpaired) electrons. The van der Waals surface area contributed by atoms with E-state index in [1.165, 1.54) is 7.11 Å². The van der Waals surface area contributed by atoms with Gasteiger partial charge < -0.3 is 9.15 Å². The predicted octanol–water partition coefficient (Wildman–Crippen LogP) is 2.52. The molecule has 1 N–H and O–H groups in total. The van der Waals surface area contributed by atoms with Gasteiger partial charge in [0.1, 0.15) is 11.8 Å². The maximum atomic E-state index is 11.7.